The molecule has 0 amide bonds. The normalized spacial score (nSPS) is 11.3. The average molecular weight is 536 g/mol. The fraction of sp³-hybridized carbons (Fsp3) is 0. The summed E-state index contributed by atoms with van der Waals surface area (Å²) in [6.45, 7) is 0. The second-order valence-electron chi connectivity index (χ2n) is 10.5. The maximum absolute atomic E-state index is 5.05. The molecule has 0 atom stereocenters. The van der Waals surface area contributed by atoms with E-state index in [2.05, 4.69) is 121 Å². The van der Waals surface area contributed by atoms with E-state index in [9.17, 15) is 0 Å². The minimum atomic E-state index is 0.657. The van der Waals surface area contributed by atoms with Gasteiger partial charge in [0.1, 0.15) is 0 Å². The summed E-state index contributed by atoms with van der Waals surface area (Å²) in [6, 6.07) is 53.0. The summed E-state index contributed by atoms with van der Waals surface area (Å²) in [4.78, 5) is 15.0. The summed E-state index contributed by atoms with van der Waals surface area (Å²) in [7, 11) is 0. The van der Waals surface area contributed by atoms with Gasteiger partial charge in [-0.3, -0.25) is 0 Å². The second-order valence-corrected chi connectivity index (χ2v) is 10.5. The first-order valence-corrected chi connectivity index (χ1v) is 14.1. The molecule has 0 N–H and O–H groups in total. The van der Waals surface area contributed by atoms with Gasteiger partial charge in [-0.2, -0.15) is 0 Å². The predicted molar refractivity (Wildman–Crippen MR) is 174 cm³/mol. The molecule has 3 nitrogen and oxygen atoms in total. The van der Waals surface area contributed by atoms with E-state index in [0.29, 0.717) is 17.5 Å². The van der Waals surface area contributed by atoms with Gasteiger partial charge in [-0.15, -0.1) is 0 Å². The van der Waals surface area contributed by atoms with Gasteiger partial charge in [0.2, 0.25) is 0 Å². The molecule has 0 aliphatic rings. The zero-order valence-electron chi connectivity index (χ0n) is 22.8. The van der Waals surface area contributed by atoms with Gasteiger partial charge < -0.3 is 0 Å². The minimum absolute atomic E-state index is 0.657. The smallest absolute Gasteiger partial charge is 0.164 e. The van der Waals surface area contributed by atoms with Crippen LogP contribution in [0.15, 0.2) is 152 Å². The lowest BCUT2D eigenvalue weighted by Crippen LogP contribution is -2.00. The Labute approximate surface area is 243 Å². The number of rotatable bonds is 4. The quantitative estimate of drug-likeness (QED) is 0.225. The lowest BCUT2D eigenvalue weighted by atomic mass is 9.98. The van der Waals surface area contributed by atoms with Crippen LogP contribution in [0.4, 0.5) is 0 Å². The maximum atomic E-state index is 5.05. The lowest BCUT2D eigenvalue weighted by molar-refractivity contribution is 1.08. The monoisotopic (exact) mass is 535 g/mol. The minimum Gasteiger partial charge on any atom is -0.208 e. The Morgan fingerprint density at radius 3 is 1.60 bits per heavy atom. The van der Waals surface area contributed by atoms with Gasteiger partial charge in [0.15, 0.2) is 17.5 Å². The molecular formula is C39H25N3. The molecule has 42 heavy (non-hydrogen) atoms. The van der Waals surface area contributed by atoms with E-state index in [1.807, 2.05) is 30.3 Å². The molecule has 0 saturated heterocycles. The molecule has 0 aliphatic carbocycles. The van der Waals surface area contributed by atoms with Crippen LogP contribution in [0.3, 0.4) is 0 Å². The van der Waals surface area contributed by atoms with Gasteiger partial charge in [0.05, 0.1) is 0 Å². The summed E-state index contributed by atoms with van der Waals surface area (Å²) < 4.78 is 0. The van der Waals surface area contributed by atoms with Crippen molar-refractivity contribution in [1.29, 1.82) is 0 Å². The largest absolute Gasteiger partial charge is 0.208 e. The average Bonchev–Trinajstić information content (AvgIpc) is 3.07. The van der Waals surface area contributed by atoms with Crippen molar-refractivity contribution in [3.05, 3.63) is 152 Å². The Hall–Kier alpha value is -5.67. The van der Waals surface area contributed by atoms with Gasteiger partial charge in [-0.1, -0.05) is 133 Å². The number of nitrogens with zero attached hydrogens (tertiary/aromatic N) is 3. The fourth-order valence-corrected chi connectivity index (χ4v) is 5.70. The zero-order chi connectivity index (χ0) is 27.9. The highest BCUT2D eigenvalue weighted by Crippen LogP contribution is 2.32. The van der Waals surface area contributed by atoms with Crippen molar-refractivity contribution in [2.45, 2.75) is 0 Å². The van der Waals surface area contributed by atoms with Gasteiger partial charge in [-0.05, 0) is 61.6 Å². The zero-order valence-corrected chi connectivity index (χ0v) is 22.8. The highest BCUT2D eigenvalue weighted by Gasteiger charge is 2.14. The number of benzene rings is 7. The summed E-state index contributed by atoms with van der Waals surface area (Å²) in [5.41, 5.74) is 5.29. The summed E-state index contributed by atoms with van der Waals surface area (Å²) in [5, 5.41) is 7.08. The Balaban J connectivity index is 1.28. The van der Waals surface area contributed by atoms with Crippen molar-refractivity contribution in [1.82, 2.24) is 15.0 Å². The second kappa shape index (κ2) is 10.1. The van der Waals surface area contributed by atoms with E-state index in [-0.39, 0.29) is 0 Å². The molecule has 8 aromatic rings. The van der Waals surface area contributed by atoms with Crippen LogP contribution in [0.1, 0.15) is 0 Å². The van der Waals surface area contributed by atoms with Crippen molar-refractivity contribution in [2.24, 2.45) is 0 Å². The number of fused-ring (bicyclic) bond motifs is 3. The summed E-state index contributed by atoms with van der Waals surface area (Å²) >= 11 is 0. The van der Waals surface area contributed by atoms with Crippen LogP contribution in [-0.2, 0) is 0 Å². The predicted octanol–water partition coefficient (Wildman–Crippen LogP) is 10.00. The Morgan fingerprint density at radius 2 is 0.810 bits per heavy atom. The molecule has 0 spiro atoms. The molecule has 1 heterocycles. The van der Waals surface area contributed by atoms with Gasteiger partial charge in [0, 0.05) is 16.7 Å². The number of aromatic nitrogens is 3. The molecule has 3 heteroatoms. The van der Waals surface area contributed by atoms with Crippen molar-refractivity contribution in [3.63, 3.8) is 0 Å². The van der Waals surface area contributed by atoms with Crippen LogP contribution < -0.4 is 0 Å². The maximum Gasteiger partial charge on any atom is 0.164 e. The van der Waals surface area contributed by atoms with E-state index in [4.69, 9.17) is 15.0 Å². The van der Waals surface area contributed by atoms with Crippen molar-refractivity contribution >= 4 is 32.3 Å². The molecule has 0 bridgehead atoms. The van der Waals surface area contributed by atoms with E-state index >= 15 is 0 Å². The first-order chi connectivity index (χ1) is 20.8. The third kappa shape index (κ3) is 4.38. The highest BCUT2D eigenvalue weighted by molar-refractivity contribution is 5.96. The van der Waals surface area contributed by atoms with E-state index in [0.717, 1.165) is 32.8 Å². The molecule has 196 valence electrons. The molecule has 8 rings (SSSR count). The standard InChI is InChI=1S/C39H25N3/c1-2-11-29(12-3-1)37-40-38(42-39(41-37)36-16-8-14-28-10-6-7-15-35(28)36)33-22-19-27-18-21-32(24-34(27)25-33)31-20-17-26-9-4-5-13-30(26)23-31/h1-25H. The van der Waals surface area contributed by atoms with Gasteiger partial charge in [-0.25, -0.2) is 15.0 Å². The molecule has 0 unspecified atom stereocenters. The van der Waals surface area contributed by atoms with Gasteiger partial charge in [0.25, 0.3) is 0 Å². The number of hydrogen-bond donors (Lipinski definition) is 0. The van der Waals surface area contributed by atoms with E-state index in [1.54, 1.807) is 0 Å². The van der Waals surface area contributed by atoms with Crippen LogP contribution in [0.2, 0.25) is 0 Å². The van der Waals surface area contributed by atoms with Crippen LogP contribution in [0, 0.1) is 0 Å². The van der Waals surface area contributed by atoms with Crippen LogP contribution in [-0.4, -0.2) is 15.0 Å². The lowest BCUT2D eigenvalue weighted by Gasteiger charge is -2.11. The summed E-state index contributed by atoms with van der Waals surface area (Å²) in [6.07, 6.45) is 0. The molecule has 0 aliphatic heterocycles. The molecule has 0 fully saturated rings. The van der Waals surface area contributed by atoms with Crippen molar-refractivity contribution in [3.8, 4) is 45.3 Å². The molecule has 0 saturated carbocycles. The first-order valence-electron chi connectivity index (χ1n) is 14.1. The fourth-order valence-electron chi connectivity index (χ4n) is 5.70. The molecular weight excluding hydrogens is 510 g/mol. The van der Waals surface area contributed by atoms with E-state index < -0.39 is 0 Å². The van der Waals surface area contributed by atoms with E-state index in [1.165, 1.54) is 27.3 Å². The molecule has 1 aromatic heterocycles. The highest BCUT2D eigenvalue weighted by atomic mass is 15.0. The SMILES string of the molecule is c1ccc(-c2nc(-c3ccc4ccc(-c5ccc6ccccc6c5)cc4c3)nc(-c3cccc4ccccc34)n2)cc1. The third-order valence-corrected chi connectivity index (χ3v) is 7.88. The molecule has 7 aromatic carbocycles. The topological polar surface area (TPSA) is 38.7 Å². The van der Waals surface area contributed by atoms with Crippen LogP contribution in [0.25, 0.3) is 77.6 Å². The Kier molecular flexibility index (Phi) is 5.79. The third-order valence-electron chi connectivity index (χ3n) is 7.88. The van der Waals surface area contributed by atoms with Crippen molar-refractivity contribution in [2.75, 3.05) is 0 Å². The Bertz CT molecular complexity index is 2250. The first kappa shape index (κ1) is 24.2. The van der Waals surface area contributed by atoms with Crippen LogP contribution >= 0.6 is 0 Å². The Morgan fingerprint density at radius 1 is 0.286 bits per heavy atom. The summed E-state index contributed by atoms with van der Waals surface area (Å²) in [5.74, 6) is 1.99. The van der Waals surface area contributed by atoms with Gasteiger partial charge >= 0.3 is 0 Å². The molecule has 0 radical (unpaired) electrons. The number of hydrogen-bond acceptors (Lipinski definition) is 3. The van der Waals surface area contributed by atoms with Crippen molar-refractivity contribution < 1.29 is 0 Å². The van der Waals surface area contributed by atoms with Crippen LogP contribution in [0.5, 0.6) is 0 Å².